The van der Waals surface area contributed by atoms with Crippen LogP contribution in [0.2, 0.25) is 0 Å². The van der Waals surface area contributed by atoms with Crippen LogP contribution in [0.3, 0.4) is 0 Å². The fourth-order valence-corrected chi connectivity index (χ4v) is 1.35. The smallest absolute Gasteiger partial charge is 0.0489 e. The van der Waals surface area contributed by atoms with Gasteiger partial charge in [-0.2, -0.15) is 0 Å². The van der Waals surface area contributed by atoms with Crippen LogP contribution in [-0.4, -0.2) is 24.7 Å². The SMILES string of the molecule is CC(C)COCCCNCc1ccncc1. The molecular weight excluding hydrogens is 200 g/mol. The molecule has 0 aliphatic rings. The first-order valence-corrected chi connectivity index (χ1v) is 5.96. The zero-order chi connectivity index (χ0) is 11.6. The zero-order valence-electron chi connectivity index (χ0n) is 10.3. The van der Waals surface area contributed by atoms with Gasteiger partial charge in [-0.1, -0.05) is 13.8 Å². The average molecular weight is 222 g/mol. The van der Waals surface area contributed by atoms with Crippen molar-refractivity contribution < 1.29 is 4.74 Å². The topological polar surface area (TPSA) is 34.1 Å². The van der Waals surface area contributed by atoms with Crippen LogP contribution >= 0.6 is 0 Å². The fourth-order valence-electron chi connectivity index (χ4n) is 1.35. The van der Waals surface area contributed by atoms with E-state index in [9.17, 15) is 0 Å². The highest BCUT2D eigenvalue weighted by Gasteiger charge is 1.94. The molecule has 1 aromatic heterocycles. The molecule has 16 heavy (non-hydrogen) atoms. The molecule has 0 unspecified atom stereocenters. The summed E-state index contributed by atoms with van der Waals surface area (Å²) in [6, 6.07) is 4.06. The lowest BCUT2D eigenvalue weighted by atomic mass is 10.2. The van der Waals surface area contributed by atoms with E-state index < -0.39 is 0 Å². The molecule has 0 aliphatic heterocycles. The number of nitrogens with one attached hydrogen (secondary N) is 1. The second-order valence-electron chi connectivity index (χ2n) is 4.35. The third kappa shape index (κ3) is 6.53. The zero-order valence-corrected chi connectivity index (χ0v) is 10.3. The molecule has 1 N–H and O–H groups in total. The van der Waals surface area contributed by atoms with Crippen molar-refractivity contribution >= 4 is 0 Å². The molecule has 0 atom stereocenters. The molecule has 1 heterocycles. The Balaban J connectivity index is 1.93. The molecule has 0 aromatic carbocycles. The van der Waals surface area contributed by atoms with Gasteiger partial charge in [-0.05, 0) is 36.6 Å². The minimum Gasteiger partial charge on any atom is -0.381 e. The Morgan fingerprint density at radius 3 is 2.75 bits per heavy atom. The summed E-state index contributed by atoms with van der Waals surface area (Å²) >= 11 is 0. The average Bonchev–Trinajstić information content (AvgIpc) is 2.29. The maximum atomic E-state index is 5.50. The summed E-state index contributed by atoms with van der Waals surface area (Å²) in [5.41, 5.74) is 1.28. The van der Waals surface area contributed by atoms with Crippen LogP contribution in [0.1, 0.15) is 25.8 Å². The maximum absolute atomic E-state index is 5.50. The van der Waals surface area contributed by atoms with Crippen LogP contribution in [-0.2, 0) is 11.3 Å². The largest absolute Gasteiger partial charge is 0.381 e. The third-order valence-electron chi connectivity index (χ3n) is 2.17. The van der Waals surface area contributed by atoms with Gasteiger partial charge in [0.2, 0.25) is 0 Å². The van der Waals surface area contributed by atoms with E-state index in [1.807, 2.05) is 24.5 Å². The van der Waals surface area contributed by atoms with Crippen molar-refractivity contribution in [2.24, 2.45) is 5.92 Å². The summed E-state index contributed by atoms with van der Waals surface area (Å²) in [6.45, 7) is 7.96. The van der Waals surface area contributed by atoms with Gasteiger partial charge in [0.15, 0.2) is 0 Å². The Bertz CT molecular complexity index is 262. The molecule has 0 amide bonds. The Hall–Kier alpha value is -0.930. The molecular formula is C13H22N2O. The van der Waals surface area contributed by atoms with Gasteiger partial charge in [-0.3, -0.25) is 4.98 Å². The summed E-state index contributed by atoms with van der Waals surface area (Å²) in [5, 5.41) is 3.38. The maximum Gasteiger partial charge on any atom is 0.0489 e. The van der Waals surface area contributed by atoms with E-state index in [-0.39, 0.29) is 0 Å². The Labute approximate surface area is 98.2 Å². The van der Waals surface area contributed by atoms with Crippen molar-refractivity contribution in [2.75, 3.05) is 19.8 Å². The van der Waals surface area contributed by atoms with E-state index in [0.717, 1.165) is 32.7 Å². The number of ether oxygens (including phenoxy) is 1. The third-order valence-corrected chi connectivity index (χ3v) is 2.17. The summed E-state index contributed by atoms with van der Waals surface area (Å²) in [5.74, 6) is 0.629. The molecule has 1 aromatic rings. The fraction of sp³-hybridized carbons (Fsp3) is 0.615. The highest BCUT2D eigenvalue weighted by Crippen LogP contribution is 1.95. The summed E-state index contributed by atoms with van der Waals surface area (Å²) in [7, 11) is 0. The van der Waals surface area contributed by atoms with Crippen LogP contribution < -0.4 is 5.32 Å². The minimum absolute atomic E-state index is 0.629. The van der Waals surface area contributed by atoms with Crippen molar-refractivity contribution in [1.29, 1.82) is 0 Å². The molecule has 0 fully saturated rings. The van der Waals surface area contributed by atoms with E-state index in [1.165, 1.54) is 5.56 Å². The predicted molar refractivity (Wildman–Crippen MR) is 66.2 cm³/mol. The van der Waals surface area contributed by atoms with E-state index in [0.29, 0.717) is 5.92 Å². The molecule has 1 rings (SSSR count). The summed E-state index contributed by atoms with van der Waals surface area (Å²) in [4.78, 5) is 3.98. The Kier molecular flexibility index (Phi) is 6.77. The first kappa shape index (κ1) is 13.1. The number of pyridine rings is 1. The van der Waals surface area contributed by atoms with E-state index in [1.54, 1.807) is 0 Å². The van der Waals surface area contributed by atoms with Crippen LogP contribution in [0, 0.1) is 5.92 Å². The molecule has 0 aliphatic carbocycles. The van der Waals surface area contributed by atoms with Crippen LogP contribution in [0.15, 0.2) is 24.5 Å². The predicted octanol–water partition coefficient (Wildman–Crippen LogP) is 2.23. The van der Waals surface area contributed by atoms with Crippen molar-refractivity contribution in [2.45, 2.75) is 26.8 Å². The van der Waals surface area contributed by atoms with Crippen molar-refractivity contribution in [1.82, 2.24) is 10.3 Å². The van der Waals surface area contributed by atoms with Crippen molar-refractivity contribution in [3.63, 3.8) is 0 Å². The van der Waals surface area contributed by atoms with Gasteiger partial charge < -0.3 is 10.1 Å². The number of aromatic nitrogens is 1. The Morgan fingerprint density at radius 1 is 1.31 bits per heavy atom. The van der Waals surface area contributed by atoms with E-state index in [2.05, 4.69) is 24.1 Å². The number of rotatable bonds is 8. The lowest BCUT2D eigenvalue weighted by molar-refractivity contribution is 0.108. The lowest BCUT2D eigenvalue weighted by Crippen LogP contribution is -2.16. The molecule has 0 bridgehead atoms. The first-order valence-electron chi connectivity index (χ1n) is 5.96. The molecule has 90 valence electrons. The molecule has 0 radical (unpaired) electrons. The summed E-state index contributed by atoms with van der Waals surface area (Å²) < 4.78 is 5.50. The number of hydrogen-bond acceptors (Lipinski definition) is 3. The molecule has 3 heteroatoms. The minimum atomic E-state index is 0.629. The number of nitrogens with zero attached hydrogens (tertiary/aromatic N) is 1. The molecule has 0 saturated heterocycles. The first-order chi connectivity index (χ1) is 7.79. The van der Waals surface area contributed by atoms with Crippen LogP contribution in [0.25, 0.3) is 0 Å². The normalized spacial score (nSPS) is 10.9. The quantitative estimate of drug-likeness (QED) is 0.685. The van der Waals surface area contributed by atoms with E-state index in [4.69, 9.17) is 4.74 Å². The van der Waals surface area contributed by atoms with Crippen LogP contribution in [0.4, 0.5) is 0 Å². The van der Waals surface area contributed by atoms with Gasteiger partial charge in [0.1, 0.15) is 0 Å². The van der Waals surface area contributed by atoms with Gasteiger partial charge in [0, 0.05) is 32.2 Å². The lowest BCUT2D eigenvalue weighted by Gasteiger charge is -2.07. The molecule has 3 nitrogen and oxygen atoms in total. The van der Waals surface area contributed by atoms with Crippen molar-refractivity contribution in [3.8, 4) is 0 Å². The highest BCUT2D eigenvalue weighted by atomic mass is 16.5. The van der Waals surface area contributed by atoms with Crippen molar-refractivity contribution in [3.05, 3.63) is 30.1 Å². The van der Waals surface area contributed by atoms with Gasteiger partial charge >= 0.3 is 0 Å². The standard InChI is InChI=1S/C13H22N2O/c1-12(2)11-16-9-3-6-15-10-13-4-7-14-8-5-13/h4-5,7-8,12,15H,3,6,9-11H2,1-2H3. The number of hydrogen-bond donors (Lipinski definition) is 1. The summed E-state index contributed by atoms with van der Waals surface area (Å²) in [6.07, 6.45) is 4.71. The van der Waals surface area contributed by atoms with Gasteiger partial charge in [-0.25, -0.2) is 0 Å². The highest BCUT2D eigenvalue weighted by molar-refractivity contribution is 5.08. The Morgan fingerprint density at radius 2 is 2.06 bits per heavy atom. The second kappa shape index (κ2) is 8.25. The van der Waals surface area contributed by atoms with Gasteiger partial charge in [0.05, 0.1) is 0 Å². The van der Waals surface area contributed by atoms with Gasteiger partial charge in [-0.15, -0.1) is 0 Å². The molecule has 0 saturated carbocycles. The molecule has 0 spiro atoms. The monoisotopic (exact) mass is 222 g/mol. The van der Waals surface area contributed by atoms with E-state index >= 15 is 0 Å². The van der Waals surface area contributed by atoms with Crippen LogP contribution in [0.5, 0.6) is 0 Å². The van der Waals surface area contributed by atoms with Gasteiger partial charge in [0.25, 0.3) is 0 Å². The second-order valence-corrected chi connectivity index (χ2v) is 4.35.